The molecule has 0 fully saturated rings. The largest absolute Gasteiger partial charge is 0.274 e. The lowest BCUT2D eigenvalue weighted by Gasteiger charge is -2.25. The summed E-state index contributed by atoms with van der Waals surface area (Å²) in [6.45, 7) is 7.90. The average Bonchev–Trinajstić information content (AvgIpc) is 2.85. The van der Waals surface area contributed by atoms with Gasteiger partial charge in [-0.2, -0.15) is 5.10 Å². The van der Waals surface area contributed by atoms with E-state index in [-0.39, 0.29) is 17.7 Å². The predicted molar refractivity (Wildman–Crippen MR) is 108 cm³/mol. The van der Waals surface area contributed by atoms with Gasteiger partial charge in [0, 0.05) is 20.2 Å². The van der Waals surface area contributed by atoms with E-state index in [1.54, 1.807) is 17.9 Å². The van der Waals surface area contributed by atoms with Crippen LogP contribution in [0.4, 0.5) is 5.69 Å². The maximum absolute atomic E-state index is 13.1. The van der Waals surface area contributed by atoms with Crippen LogP contribution in [0.3, 0.4) is 0 Å². The number of aromatic nitrogens is 2. The summed E-state index contributed by atoms with van der Waals surface area (Å²) in [6, 6.07) is 7.65. The Hall–Kier alpha value is -1.70. The first kappa shape index (κ1) is 19.6. The van der Waals surface area contributed by atoms with Crippen LogP contribution in [0.5, 0.6) is 0 Å². The van der Waals surface area contributed by atoms with Gasteiger partial charge < -0.3 is 0 Å². The van der Waals surface area contributed by atoms with Gasteiger partial charge in [-0.3, -0.25) is 14.3 Å². The number of benzene rings is 1. The van der Waals surface area contributed by atoms with Crippen LogP contribution >= 0.6 is 22.6 Å². The molecule has 2 amide bonds. The Kier molecular flexibility index (Phi) is 6.37. The monoisotopic (exact) mass is 453 g/mol. The zero-order chi connectivity index (χ0) is 18.7. The van der Waals surface area contributed by atoms with Crippen LogP contribution in [-0.4, -0.2) is 21.6 Å². The Morgan fingerprint density at radius 3 is 2.40 bits per heavy atom. The fourth-order valence-electron chi connectivity index (χ4n) is 3.09. The van der Waals surface area contributed by atoms with E-state index in [0.717, 1.165) is 12.0 Å². The first-order valence-electron chi connectivity index (χ1n) is 8.35. The number of amides is 2. The highest BCUT2D eigenvalue weighted by molar-refractivity contribution is 14.1. The zero-order valence-corrected chi connectivity index (χ0v) is 17.4. The minimum Gasteiger partial charge on any atom is -0.274 e. The molecular weight excluding hydrogens is 429 g/mol. The average molecular weight is 453 g/mol. The van der Waals surface area contributed by atoms with Gasteiger partial charge in [-0.15, -0.1) is 0 Å². The number of rotatable bonds is 5. The van der Waals surface area contributed by atoms with Gasteiger partial charge in [0.25, 0.3) is 5.91 Å². The van der Waals surface area contributed by atoms with Crippen LogP contribution in [0.25, 0.3) is 0 Å². The number of carbonyl (C=O) groups is 2. The highest BCUT2D eigenvalue weighted by Gasteiger charge is 2.28. The third kappa shape index (κ3) is 4.48. The molecular formula is C19H24IN3O2. The van der Waals surface area contributed by atoms with Crippen molar-refractivity contribution in [1.29, 1.82) is 0 Å². The molecule has 0 radical (unpaired) electrons. The fourth-order valence-corrected chi connectivity index (χ4v) is 3.80. The van der Waals surface area contributed by atoms with Gasteiger partial charge in [-0.25, -0.2) is 4.90 Å². The van der Waals surface area contributed by atoms with Gasteiger partial charge in [-0.05, 0) is 52.5 Å². The molecule has 1 aromatic heterocycles. The Morgan fingerprint density at radius 2 is 1.88 bits per heavy atom. The van der Waals surface area contributed by atoms with Gasteiger partial charge in [0.15, 0.2) is 0 Å². The molecule has 0 bridgehead atoms. The van der Waals surface area contributed by atoms with Crippen molar-refractivity contribution in [2.45, 2.75) is 40.0 Å². The number of aryl methyl sites for hydroxylation is 1. The first-order valence-corrected chi connectivity index (χ1v) is 9.43. The van der Waals surface area contributed by atoms with Crippen molar-refractivity contribution in [2.24, 2.45) is 13.0 Å². The lowest BCUT2D eigenvalue weighted by molar-refractivity contribution is -0.115. The molecule has 6 heteroatoms. The third-order valence-corrected chi connectivity index (χ3v) is 4.86. The molecule has 0 saturated heterocycles. The van der Waals surface area contributed by atoms with E-state index in [9.17, 15) is 9.59 Å². The molecule has 25 heavy (non-hydrogen) atoms. The van der Waals surface area contributed by atoms with Crippen molar-refractivity contribution in [2.75, 3.05) is 4.90 Å². The number of para-hydroxylation sites is 1. The van der Waals surface area contributed by atoms with Crippen LogP contribution in [0.2, 0.25) is 0 Å². The summed E-state index contributed by atoms with van der Waals surface area (Å²) in [7, 11) is 1.76. The Balaban J connectivity index is 2.50. The zero-order valence-electron chi connectivity index (χ0n) is 15.3. The standard InChI is InChI=1S/C19H24IN3O2/c1-12(2)10-13(3)15-8-6-7-9-17(15)23(14(4)24)19(25)16-11-22(5)21-18(16)20/h6-9,11-13H,10H2,1-5H3. The second kappa shape index (κ2) is 8.12. The number of imide groups is 1. The number of halogens is 1. The van der Waals surface area contributed by atoms with Crippen LogP contribution < -0.4 is 4.90 Å². The van der Waals surface area contributed by atoms with E-state index in [0.29, 0.717) is 20.9 Å². The minimum absolute atomic E-state index is 0.249. The molecule has 2 aromatic rings. The molecule has 0 saturated carbocycles. The van der Waals surface area contributed by atoms with E-state index in [1.165, 1.54) is 11.8 Å². The van der Waals surface area contributed by atoms with Crippen molar-refractivity contribution in [3.63, 3.8) is 0 Å². The van der Waals surface area contributed by atoms with E-state index in [4.69, 9.17) is 0 Å². The molecule has 0 aliphatic rings. The normalized spacial score (nSPS) is 12.3. The van der Waals surface area contributed by atoms with E-state index in [2.05, 4.69) is 25.9 Å². The summed E-state index contributed by atoms with van der Waals surface area (Å²) in [6.07, 6.45) is 2.64. The van der Waals surface area contributed by atoms with Gasteiger partial charge in [0.1, 0.15) is 3.70 Å². The molecule has 0 N–H and O–H groups in total. The summed E-state index contributed by atoms with van der Waals surface area (Å²) in [5, 5.41) is 4.21. The summed E-state index contributed by atoms with van der Waals surface area (Å²) >= 11 is 2.02. The van der Waals surface area contributed by atoms with E-state index in [1.807, 2.05) is 46.9 Å². The van der Waals surface area contributed by atoms with Crippen molar-refractivity contribution in [3.8, 4) is 0 Å². The molecule has 0 aliphatic carbocycles. The third-order valence-electron chi connectivity index (χ3n) is 4.07. The summed E-state index contributed by atoms with van der Waals surface area (Å²) < 4.78 is 2.17. The summed E-state index contributed by atoms with van der Waals surface area (Å²) in [4.78, 5) is 26.7. The van der Waals surface area contributed by atoms with Gasteiger partial charge in [0.2, 0.25) is 5.91 Å². The van der Waals surface area contributed by atoms with Crippen LogP contribution in [0.15, 0.2) is 30.5 Å². The highest BCUT2D eigenvalue weighted by atomic mass is 127. The number of carbonyl (C=O) groups excluding carboxylic acids is 2. The van der Waals surface area contributed by atoms with Gasteiger partial charge >= 0.3 is 0 Å². The SMILES string of the molecule is CC(=O)N(C(=O)c1cn(C)nc1I)c1ccccc1C(C)CC(C)C. The smallest absolute Gasteiger partial charge is 0.269 e. The molecule has 2 rings (SSSR count). The molecule has 1 heterocycles. The highest BCUT2D eigenvalue weighted by Crippen LogP contribution is 2.32. The van der Waals surface area contributed by atoms with Gasteiger partial charge in [-0.1, -0.05) is 39.0 Å². The molecule has 134 valence electrons. The van der Waals surface area contributed by atoms with E-state index >= 15 is 0 Å². The number of hydrogen-bond acceptors (Lipinski definition) is 3. The molecule has 1 unspecified atom stereocenters. The van der Waals surface area contributed by atoms with E-state index < -0.39 is 0 Å². The number of nitrogens with zero attached hydrogens (tertiary/aromatic N) is 3. The van der Waals surface area contributed by atoms with Gasteiger partial charge in [0.05, 0.1) is 11.3 Å². The maximum atomic E-state index is 13.1. The summed E-state index contributed by atoms with van der Waals surface area (Å²) in [5.74, 6) is 0.144. The molecule has 1 aromatic carbocycles. The summed E-state index contributed by atoms with van der Waals surface area (Å²) in [5.41, 5.74) is 2.11. The second-order valence-electron chi connectivity index (χ2n) is 6.76. The quantitative estimate of drug-likeness (QED) is 0.632. The molecule has 1 atom stereocenters. The predicted octanol–water partition coefficient (Wildman–Crippen LogP) is 4.37. The molecule has 0 spiro atoms. The molecule has 0 aliphatic heterocycles. The first-order chi connectivity index (χ1) is 11.7. The maximum Gasteiger partial charge on any atom is 0.269 e. The number of anilines is 1. The Morgan fingerprint density at radius 1 is 1.24 bits per heavy atom. The second-order valence-corrected chi connectivity index (χ2v) is 7.78. The lowest BCUT2D eigenvalue weighted by Crippen LogP contribution is -2.36. The number of hydrogen-bond donors (Lipinski definition) is 0. The fraction of sp³-hybridized carbons (Fsp3) is 0.421. The minimum atomic E-state index is -0.339. The van der Waals surface area contributed by atoms with Crippen molar-refractivity contribution in [1.82, 2.24) is 9.78 Å². The Bertz CT molecular complexity index is 783. The van der Waals surface area contributed by atoms with Crippen LogP contribution in [-0.2, 0) is 11.8 Å². The van der Waals surface area contributed by atoms with Crippen molar-refractivity contribution >= 4 is 40.1 Å². The van der Waals surface area contributed by atoms with Crippen LogP contribution in [0.1, 0.15) is 56.0 Å². The van der Waals surface area contributed by atoms with Crippen molar-refractivity contribution in [3.05, 3.63) is 45.3 Å². The lowest BCUT2D eigenvalue weighted by atomic mass is 9.90. The Labute approximate surface area is 162 Å². The van der Waals surface area contributed by atoms with Crippen LogP contribution in [0, 0.1) is 9.62 Å². The molecule has 5 nitrogen and oxygen atoms in total. The van der Waals surface area contributed by atoms with Crippen molar-refractivity contribution < 1.29 is 9.59 Å². The topological polar surface area (TPSA) is 55.2 Å².